The number of rotatable bonds is 2. The SMILES string of the molecule is C[C@@H]1CN(c2nc(NN)ncc2Cl)C[C@H](C)O1. The average Bonchev–Trinajstić information content (AvgIpc) is 2.28. The first-order chi connectivity index (χ1) is 8.10. The molecule has 1 aliphatic rings. The predicted molar refractivity (Wildman–Crippen MR) is 67.1 cm³/mol. The van der Waals surface area contributed by atoms with Crippen LogP contribution in [0.25, 0.3) is 0 Å². The Bertz CT molecular complexity index is 392. The fourth-order valence-electron chi connectivity index (χ4n) is 2.00. The third kappa shape index (κ3) is 2.77. The lowest BCUT2D eigenvalue weighted by Crippen LogP contribution is -2.46. The molecule has 94 valence electrons. The van der Waals surface area contributed by atoms with Gasteiger partial charge in [0.15, 0.2) is 5.82 Å². The zero-order valence-electron chi connectivity index (χ0n) is 9.85. The highest BCUT2D eigenvalue weighted by atomic mass is 35.5. The first-order valence-corrected chi connectivity index (χ1v) is 5.87. The zero-order chi connectivity index (χ0) is 12.4. The van der Waals surface area contributed by atoms with E-state index >= 15 is 0 Å². The first-order valence-electron chi connectivity index (χ1n) is 5.49. The summed E-state index contributed by atoms with van der Waals surface area (Å²) in [5, 5.41) is 0.519. The van der Waals surface area contributed by atoms with Crippen LogP contribution in [0.1, 0.15) is 13.8 Å². The van der Waals surface area contributed by atoms with E-state index in [0.29, 0.717) is 16.8 Å². The predicted octanol–water partition coefficient (Wildman–Crippen LogP) is 1.03. The molecule has 7 heteroatoms. The summed E-state index contributed by atoms with van der Waals surface area (Å²) in [5.74, 6) is 6.34. The number of nitrogens with one attached hydrogen (secondary N) is 1. The molecule has 0 amide bonds. The second-order valence-electron chi connectivity index (χ2n) is 4.17. The van der Waals surface area contributed by atoms with Crippen molar-refractivity contribution in [3.63, 3.8) is 0 Å². The van der Waals surface area contributed by atoms with E-state index in [1.165, 1.54) is 0 Å². The molecule has 0 spiro atoms. The third-order valence-electron chi connectivity index (χ3n) is 2.57. The lowest BCUT2D eigenvalue weighted by atomic mass is 10.2. The maximum atomic E-state index is 6.11. The van der Waals surface area contributed by atoms with Crippen LogP contribution in [-0.4, -0.2) is 35.3 Å². The Labute approximate surface area is 105 Å². The van der Waals surface area contributed by atoms with Crippen molar-refractivity contribution in [1.82, 2.24) is 9.97 Å². The van der Waals surface area contributed by atoms with Gasteiger partial charge >= 0.3 is 0 Å². The van der Waals surface area contributed by atoms with E-state index in [1.54, 1.807) is 6.20 Å². The lowest BCUT2D eigenvalue weighted by Gasteiger charge is -2.36. The second kappa shape index (κ2) is 5.03. The van der Waals surface area contributed by atoms with Crippen molar-refractivity contribution in [1.29, 1.82) is 0 Å². The molecular weight excluding hydrogens is 242 g/mol. The van der Waals surface area contributed by atoms with Crippen LogP contribution < -0.4 is 16.2 Å². The number of nitrogens with two attached hydrogens (primary N) is 1. The number of hydrazine groups is 1. The van der Waals surface area contributed by atoms with Gasteiger partial charge in [-0.2, -0.15) is 4.98 Å². The van der Waals surface area contributed by atoms with Crippen LogP contribution in [0.2, 0.25) is 5.02 Å². The summed E-state index contributed by atoms with van der Waals surface area (Å²) in [5.41, 5.74) is 2.42. The Kier molecular flexibility index (Phi) is 3.66. The maximum absolute atomic E-state index is 6.11. The molecule has 6 nitrogen and oxygen atoms in total. The molecule has 2 atom stereocenters. The first kappa shape index (κ1) is 12.3. The fraction of sp³-hybridized carbons (Fsp3) is 0.600. The van der Waals surface area contributed by atoms with Gasteiger partial charge in [0.05, 0.1) is 18.4 Å². The number of nitrogens with zero attached hydrogens (tertiary/aromatic N) is 3. The van der Waals surface area contributed by atoms with Gasteiger partial charge in [0.25, 0.3) is 0 Å². The van der Waals surface area contributed by atoms with Crippen molar-refractivity contribution in [2.24, 2.45) is 5.84 Å². The molecular formula is C10H16ClN5O. The normalized spacial score (nSPS) is 24.8. The monoisotopic (exact) mass is 257 g/mol. The Balaban J connectivity index is 2.26. The Morgan fingerprint density at radius 1 is 1.47 bits per heavy atom. The minimum Gasteiger partial charge on any atom is -0.372 e. The zero-order valence-corrected chi connectivity index (χ0v) is 10.6. The van der Waals surface area contributed by atoms with Crippen LogP contribution in [0.5, 0.6) is 0 Å². The fourth-order valence-corrected chi connectivity index (χ4v) is 2.21. The van der Waals surface area contributed by atoms with E-state index in [-0.39, 0.29) is 12.2 Å². The molecule has 0 aliphatic carbocycles. The topological polar surface area (TPSA) is 76.3 Å². The van der Waals surface area contributed by atoms with Crippen molar-refractivity contribution in [2.45, 2.75) is 26.1 Å². The van der Waals surface area contributed by atoms with Gasteiger partial charge in [-0.25, -0.2) is 10.8 Å². The minimum atomic E-state index is 0.152. The van der Waals surface area contributed by atoms with E-state index in [0.717, 1.165) is 13.1 Å². The van der Waals surface area contributed by atoms with Crippen molar-refractivity contribution in [3.05, 3.63) is 11.2 Å². The van der Waals surface area contributed by atoms with E-state index in [9.17, 15) is 0 Å². The van der Waals surface area contributed by atoms with Crippen LogP contribution in [0.15, 0.2) is 6.20 Å². The quantitative estimate of drug-likeness (QED) is 0.609. The highest BCUT2D eigenvalue weighted by Gasteiger charge is 2.25. The van der Waals surface area contributed by atoms with Crippen molar-refractivity contribution >= 4 is 23.4 Å². The summed E-state index contributed by atoms with van der Waals surface area (Å²) >= 11 is 6.11. The van der Waals surface area contributed by atoms with E-state index < -0.39 is 0 Å². The van der Waals surface area contributed by atoms with Gasteiger partial charge in [0.1, 0.15) is 5.02 Å². The van der Waals surface area contributed by atoms with Gasteiger partial charge in [-0.15, -0.1) is 0 Å². The lowest BCUT2D eigenvalue weighted by molar-refractivity contribution is -0.00545. The summed E-state index contributed by atoms with van der Waals surface area (Å²) in [6.45, 7) is 5.57. The van der Waals surface area contributed by atoms with Gasteiger partial charge < -0.3 is 9.64 Å². The number of hydrogen-bond donors (Lipinski definition) is 2. The number of ether oxygens (including phenoxy) is 1. The highest BCUT2D eigenvalue weighted by Crippen LogP contribution is 2.26. The molecule has 3 N–H and O–H groups in total. The van der Waals surface area contributed by atoms with Gasteiger partial charge in [0.2, 0.25) is 5.95 Å². The van der Waals surface area contributed by atoms with Crippen LogP contribution in [0, 0.1) is 0 Å². The van der Waals surface area contributed by atoms with E-state index in [4.69, 9.17) is 22.2 Å². The number of hydrogen-bond acceptors (Lipinski definition) is 6. The smallest absolute Gasteiger partial charge is 0.239 e. The van der Waals surface area contributed by atoms with Crippen LogP contribution in [0.3, 0.4) is 0 Å². The molecule has 1 aliphatic heterocycles. The van der Waals surface area contributed by atoms with Crippen LogP contribution >= 0.6 is 11.6 Å². The van der Waals surface area contributed by atoms with Gasteiger partial charge in [-0.05, 0) is 13.8 Å². The third-order valence-corrected chi connectivity index (χ3v) is 2.84. The molecule has 2 heterocycles. The molecule has 0 aromatic carbocycles. The minimum absolute atomic E-state index is 0.152. The summed E-state index contributed by atoms with van der Waals surface area (Å²) in [4.78, 5) is 10.3. The molecule has 1 fully saturated rings. The van der Waals surface area contributed by atoms with Gasteiger partial charge in [-0.3, -0.25) is 5.43 Å². The molecule has 1 saturated heterocycles. The maximum Gasteiger partial charge on any atom is 0.239 e. The Morgan fingerprint density at radius 2 is 2.12 bits per heavy atom. The average molecular weight is 258 g/mol. The molecule has 0 saturated carbocycles. The second-order valence-corrected chi connectivity index (χ2v) is 4.58. The summed E-state index contributed by atoms with van der Waals surface area (Å²) < 4.78 is 5.67. The number of aromatic nitrogens is 2. The summed E-state index contributed by atoms with van der Waals surface area (Å²) in [6, 6.07) is 0. The van der Waals surface area contributed by atoms with Crippen molar-refractivity contribution < 1.29 is 4.74 Å². The molecule has 1 aromatic heterocycles. The van der Waals surface area contributed by atoms with Crippen molar-refractivity contribution in [3.8, 4) is 0 Å². The van der Waals surface area contributed by atoms with Gasteiger partial charge in [-0.1, -0.05) is 11.6 Å². The van der Waals surface area contributed by atoms with E-state index in [2.05, 4.69) is 20.3 Å². The standard InChI is InChI=1S/C10H16ClN5O/c1-6-4-16(5-7(2)17-6)9-8(11)3-13-10(14-9)15-12/h3,6-7H,4-5,12H2,1-2H3,(H,13,14,15)/t6-,7+. The Hall–Kier alpha value is -1.11. The Morgan fingerprint density at radius 3 is 2.71 bits per heavy atom. The van der Waals surface area contributed by atoms with Gasteiger partial charge in [0, 0.05) is 13.1 Å². The summed E-state index contributed by atoms with van der Waals surface area (Å²) in [7, 11) is 0. The number of halogens is 1. The van der Waals surface area contributed by atoms with Crippen molar-refractivity contribution in [2.75, 3.05) is 23.4 Å². The molecule has 2 rings (SSSR count). The molecule has 0 radical (unpaired) electrons. The number of anilines is 2. The van der Waals surface area contributed by atoms with Crippen LogP contribution in [0.4, 0.5) is 11.8 Å². The number of morpholine rings is 1. The van der Waals surface area contributed by atoms with Crippen LogP contribution in [-0.2, 0) is 4.74 Å². The highest BCUT2D eigenvalue weighted by molar-refractivity contribution is 6.32. The summed E-state index contributed by atoms with van der Waals surface area (Å²) in [6.07, 6.45) is 1.85. The molecule has 0 bridgehead atoms. The van der Waals surface area contributed by atoms with E-state index in [1.807, 2.05) is 13.8 Å². The molecule has 17 heavy (non-hydrogen) atoms. The molecule has 1 aromatic rings. The molecule has 0 unspecified atom stereocenters. The number of nitrogen functional groups attached to an aromatic ring is 1. The largest absolute Gasteiger partial charge is 0.372 e.